The van der Waals surface area contributed by atoms with Crippen LogP contribution in [0, 0.1) is 45.3 Å². The van der Waals surface area contributed by atoms with Gasteiger partial charge in [0, 0.05) is 12.2 Å². The quantitative estimate of drug-likeness (QED) is 0.279. The van der Waals surface area contributed by atoms with Crippen molar-refractivity contribution < 1.29 is 25.2 Å². The molecular formula is C34H55NO5. The van der Waals surface area contributed by atoms with Crippen molar-refractivity contribution >= 4 is 5.69 Å². The number of anilines is 1. The summed E-state index contributed by atoms with van der Waals surface area (Å²) in [5.74, 6) is 1.54. The minimum atomic E-state index is -0.845. The zero-order chi connectivity index (χ0) is 29.3. The fourth-order valence-electron chi connectivity index (χ4n) is 11.2. The molecule has 4 aliphatic carbocycles. The summed E-state index contributed by atoms with van der Waals surface area (Å²) in [6.07, 6.45) is 5.01. The lowest BCUT2D eigenvalue weighted by atomic mass is 9.35. The molecule has 0 aromatic heterocycles. The van der Waals surface area contributed by atoms with Crippen LogP contribution >= 0.6 is 0 Å². The van der Waals surface area contributed by atoms with E-state index in [0.29, 0.717) is 25.2 Å². The highest BCUT2D eigenvalue weighted by molar-refractivity contribution is 5.46. The second-order valence-corrected chi connectivity index (χ2v) is 15.6. The first-order valence-corrected chi connectivity index (χ1v) is 15.8. The van der Waals surface area contributed by atoms with Gasteiger partial charge < -0.3 is 30.5 Å². The van der Waals surface area contributed by atoms with E-state index in [0.717, 1.165) is 50.1 Å². The molecule has 4 fully saturated rings. The number of aliphatic hydroxyl groups is 4. The Morgan fingerprint density at radius 3 is 2.23 bits per heavy atom. The summed E-state index contributed by atoms with van der Waals surface area (Å²) < 4.78 is 5.24. The van der Waals surface area contributed by atoms with Gasteiger partial charge >= 0.3 is 0 Å². The van der Waals surface area contributed by atoms with Crippen LogP contribution in [-0.4, -0.2) is 58.0 Å². The molecule has 0 spiro atoms. The highest BCUT2D eigenvalue weighted by Crippen LogP contribution is 2.75. The average molecular weight is 558 g/mol. The predicted octanol–water partition coefficient (Wildman–Crippen LogP) is 5.63. The molecule has 0 radical (unpaired) electrons. The van der Waals surface area contributed by atoms with E-state index in [1.165, 1.54) is 0 Å². The van der Waals surface area contributed by atoms with Gasteiger partial charge in [-0.15, -0.1) is 0 Å². The zero-order valence-corrected chi connectivity index (χ0v) is 25.9. The van der Waals surface area contributed by atoms with E-state index in [9.17, 15) is 20.4 Å². The maximum Gasteiger partial charge on any atom is 0.119 e. The molecule has 0 heterocycles. The Bertz CT molecular complexity index is 1060. The van der Waals surface area contributed by atoms with Crippen molar-refractivity contribution in [3.63, 3.8) is 0 Å². The van der Waals surface area contributed by atoms with Crippen LogP contribution < -0.4 is 10.1 Å². The summed E-state index contributed by atoms with van der Waals surface area (Å²) in [6.45, 7) is 14.2. The SMILES string of the molecule is COc1ccc(NCCC[C@](C)(O)[C@H]2CC[C@]3(C)[C@@H]2[C@H](O)C[C@@H]2[C@@]4(C)C[C@@H](O)[C@H](O)C(C)(C)[C@@H]4CC[C@]23C)cc1. The van der Waals surface area contributed by atoms with E-state index in [-0.39, 0.29) is 39.4 Å². The fraction of sp³-hybridized carbons (Fsp3) is 0.824. The molecule has 0 amide bonds. The van der Waals surface area contributed by atoms with Gasteiger partial charge in [-0.25, -0.2) is 0 Å². The van der Waals surface area contributed by atoms with Crippen LogP contribution in [0.5, 0.6) is 5.75 Å². The Balaban J connectivity index is 1.32. The number of methoxy groups -OCH3 is 1. The first-order valence-electron chi connectivity index (χ1n) is 15.8. The van der Waals surface area contributed by atoms with E-state index in [1.54, 1.807) is 7.11 Å². The molecule has 5 rings (SSSR count). The van der Waals surface area contributed by atoms with Crippen LogP contribution in [0.2, 0.25) is 0 Å². The number of fused-ring (bicyclic) bond motifs is 5. The second-order valence-electron chi connectivity index (χ2n) is 15.6. The predicted molar refractivity (Wildman–Crippen MR) is 159 cm³/mol. The fourth-order valence-corrected chi connectivity index (χ4v) is 11.2. The number of hydrogen-bond acceptors (Lipinski definition) is 6. The largest absolute Gasteiger partial charge is 0.497 e. The molecule has 11 atom stereocenters. The van der Waals surface area contributed by atoms with Gasteiger partial charge in [-0.2, -0.15) is 0 Å². The van der Waals surface area contributed by atoms with Crippen molar-refractivity contribution in [1.29, 1.82) is 0 Å². The Kier molecular flexibility index (Phi) is 7.64. The lowest BCUT2D eigenvalue weighted by Crippen LogP contribution is -2.68. The monoisotopic (exact) mass is 557 g/mol. The van der Waals surface area contributed by atoms with Crippen molar-refractivity contribution in [3.8, 4) is 5.75 Å². The third-order valence-electron chi connectivity index (χ3n) is 13.4. The van der Waals surface area contributed by atoms with Gasteiger partial charge in [0.05, 0.1) is 31.0 Å². The normalized spacial score (nSPS) is 45.5. The summed E-state index contributed by atoms with van der Waals surface area (Å²) in [6, 6.07) is 7.91. The van der Waals surface area contributed by atoms with Crippen LogP contribution in [0.4, 0.5) is 5.69 Å². The average Bonchev–Trinajstić information content (AvgIpc) is 3.28. The molecule has 0 unspecified atom stereocenters. The van der Waals surface area contributed by atoms with Gasteiger partial charge in [-0.1, -0.05) is 34.6 Å². The molecule has 1 aromatic carbocycles. The summed E-state index contributed by atoms with van der Waals surface area (Å²) in [5.41, 5.74) is -0.368. The number of hydrogen-bond donors (Lipinski definition) is 5. The number of rotatable bonds is 7. The molecule has 0 bridgehead atoms. The van der Waals surface area contributed by atoms with Crippen molar-refractivity contribution in [2.75, 3.05) is 19.0 Å². The lowest BCUT2D eigenvalue weighted by Gasteiger charge is -2.71. The van der Waals surface area contributed by atoms with Gasteiger partial charge in [0.25, 0.3) is 0 Å². The maximum atomic E-state index is 11.9. The summed E-state index contributed by atoms with van der Waals surface area (Å²) in [5, 5.41) is 49.2. The molecule has 6 heteroatoms. The standard InChI is InChI=1S/C34H55NO5/c1-30(2)26-14-17-32(4)27(31(26,3)20-25(37)29(30)38)19-24(36)28-23(13-16-33(28,32)5)34(6,39)15-8-18-35-21-9-11-22(40-7)12-10-21/h9-12,23-29,35-39H,8,13-20H2,1-7H3/t23-,24+,25+,26-,27+,28-,29-,31-,32+,33+,34-/m0/s1. The van der Waals surface area contributed by atoms with Crippen LogP contribution in [-0.2, 0) is 0 Å². The van der Waals surface area contributed by atoms with E-state index >= 15 is 0 Å². The van der Waals surface area contributed by atoms with E-state index < -0.39 is 23.9 Å². The topological polar surface area (TPSA) is 102 Å². The smallest absolute Gasteiger partial charge is 0.119 e. The van der Waals surface area contributed by atoms with Crippen molar-refractivity contribution in [3.05, 3.63) is 24.3 Å². The summed E-state index contributed by atoms with van der Waals surface area (Å²) in [7, 11) is 1.67. The highest BCUT2D eigenvalue weighted by atomic mass is 16.5. The third kappa shape index (κ3) is 4.42. The molecular weight excluding hydrogens is 502 g/mol. The zero-order valence-electron chi connectivity index (χ0n) is 25.9. The molecule has 4 aliphatic rings. The maximum absolute atomic E-state index is 11.9. The van der Waals surface area contributed by atoms with E-state index in [2.05, 4.69) is 39.9 Å². The molecule has 226 valence electrons. The molecule has 4 saturated carbocycles. The van der Waals surface area contributed by atoms with Crippen molar-refractivity contribution in [2.45, 2.75) is 117 Å². The van der Waals surface area contributed by atoms with Gasteiger partial charge in [0.1, 0.15) is 5.75 Å². The minimum Gasteiger partial charge on any atom is -0.497 e. The molecule has 40 heavy (non-hydrogen) atoms. The first kappa shape index (κ1) is 30.1. The van der Waals surface area contributed by atoms with Crippen LogP contribution in [0.3, 0.4) is 0 Å². The van der Waals surface area contributed by atoms with Gasteiger partial charge in [0.15, 0.2) is 0 Å². The minimum absolute atomic E-state index is 0.0149. The van der Waals surface area contributed by atoms with Crippen LogP contribution in [0.15, 0.2) is 24.3 Å². The Morgan fingerprint density at radius 1 is 0.925 bits per heavy atom. The highest BCUT2D eigenvalue weighted by Gasteiger charge is 2.72. The van der Waals surface area contributed by atoms with Crippen molar-refractivity contribution in [1.82, 2.24) is 0 Å². The molecule has 1 aromatic rings. The summed E-state index contributed by atoms with van der Waals surface area (Å²) in [4.78, 5) is 0. The van der Waals surface area contributed by atoms with E-state index in [4.69, 9.17) is 4.74 Å². The number of aliphatic hydroxyl groups excluding tert-OH is 3. The van der Waals surface area contributed by atoms with Gasteiger partial charge in [-0.3, -0.25) is 0 Å². The third-order valence-corrected chi connectivity index (χ3v) is 13.4. The Labute approximate surface area is 241 Å². The summed E-state index contributed by atoms with van der Waals surface area (Å²) >= 11 is 0. The molecule has 0 saturated heterocycles. The number of ether oxygens (including phenoxy) is 1. The Hall–Kier alpha value is -1.34. The van der Waals surface area contributed by atoms with Crippen LogP contribution in [0.25, 0.3) is 0 Å². The second kappa shape index (κ2) is 10.1. The van der Waals surface area contributed by atoms with Gasteiger partial charge in [0.2, 0.25) is 0 Å². The molecule has 5 N–H and O–H groups in total. The first-order chi connectivity index (χ1) is 18.6. The molecule has 0 aliphatic heterocycles. The number of nitrogens with one attached hydrogen (secondary N) is 1. The number of benzene rings is 1. The van der Waals surface area contributed by atoms with E-state index in [1.807, 2.05) is 31.2 Å². The lowest BCUT2D eigenvalue weighted by molar-refractivity contribution is -0.263. The van der Waals surface area contributed by atoms with Crippen molar-refractivity contribution in [2.24, 2.45) is 45.3 Å². The van der Waals surface area contributed by atoms with Crippen LogP contribution in [0.1, 0.15) is 92.9 Å². The van der Waals surface area contributed by atoms with Gasteiger partial charge in [-0.05, 0) is 128 Å². The Morgan fingerprint density at radius 2 is 1.57 bits per heavy atom. The molecule has 6 nitrogen and oxygen atoms in total.